The molecule has 0 saturated heterocycles. The molecule has 6 nitrogen and oxygen atoms in total. The van der Waals surface area contributed by atoms with E-state index in [4.69, 9.17) is 4.74 Å². The third kappa shape index (κ3) is 4.49. The zero-order chi connectivity index (χ0) is 19.2. The maximum atomic E-state index is 12.8. The van der Waals surface area contributed by atoms with Gasteiger partial charge in [-0.2, -0.15) is 0 Å². The Balaban J connectivity index is 1.72. The van der Waals surface area contributed by atoms with Crippen LogP contribution >= 0.6 is 11.8 Å². The number of ether oxygens (including phenoxy) is 1. The van der Waals surface area contributed by atoms with Crippen molar-refractivity contribution in [3.8, 4) is 11.4 Å². The molecule has 1 amide bonds. The fraction of sp³-hybridized carbons (Fsp3) is 0.250. The summed E-state index contributed by atoms with van der Waals surface area (Å²) in [5, 5.41) is 8.55. The monoisotopic (exact) mass is 382 g/mol. The predicted octanol–water partition coefficient (Wildman–Crippen LogP) is 3.42. The minimum absolute atomic E-state index is 0.0402. The Labute approximate surface area is 163 Å². The van der Waals surface area contributed by atoms with Gasteiger partial charge in [0.1, 0.15) is 12.1 Å². The molecule has 3 aromatic rings. The van der Waals surface area contributed by atoms with Crippen LogP contribution in [0.25, 0.3) is 5.69 Å². The topological polar surface area (TPSA) is 60.2 Å². The molecule has 0 aliphatic heterocycles. The normalized spacial score (nSPS) is 11.8. The molecule has 27 heavy (non-hydrogen) atoms. The number of amides is 1. The lowest BCUT2D eigenvalue weighted by Gasteiger charge is -2.21. The third-order valence-electron chi connectivity index (χ3n) is 4.13. The summed E-state index contributed by atoms with van der Waals surface area (Å²) in [4.78, 5) is 14.5. The fourth-order valence-electron chi connectivity index (χ4n) is 2.75. The number of carbonyl (C=O) groups excluding carboxylic acids is 1. The van der Waals surface area contributed by atoms with Gasteiger partial charge in [0.05, 0.1) is 18.0 Å². The minimum atomic E-state index is -0.295. The Hall–Kier alpha value is -2.80. The smallest absolute Gasteiger partial charge is 0.235 e. The summed E-state index contributed by atoms with van der Waals surface area (Å²) in [6.07, 6.45) is 1.63. The summed E-state index contributed by atoms with van der Waals surface area (Å²) < 4.78 is 7.26. The van der Waals surface area contributed by atoms with E-state index < -0.39 is 0 Å². The molecule has 0 fully saturated rings. The van der Waals surface area contributed by atoms with Crippen molar-refractivity contribution in [3.05, 3.63) is 66.5 Å². The Morgan fingerprint density at radius 3 is 2.63 bits per heavy atom. The number of hydrogen-bond acceptors (Lipinski definition) is 5. The molecule has 0 spiro atoms. The first kappa shape index (κ1) is 19.0. The van der Waals surface area contributed by atoms with Crippen molar-refractivity contribution < 1.29 is 9.53 Å². The van der Waals surface area contributed by atoms with Gasteiger partial charge in [0, 0.05) is 13.6 Å². The number of hydrogen-bond donors (Lipinski definition) is 0. The second kappa shape index (κ2) is 8.73. The average Bonchev–Trinajstić information content (AvgIpc) is 3.15. The number of carbonyl (C=O) groups is 1. The lowest BCUT2D eigenvalue weighted by molar-refractivity contribution is -0.129. The molecule has 2 aromatic carbocycles. The summed E-state index contributed by atoms with van der Waals surface area (Å²) >= 11 is 1.38. The number of methoxy groups -OCH3 is 1. The van der Waals surface area contributed by atoms with Crippen molar-refractivity contribution in [2.24, 2.45) is 0 Å². The van der Waals surface area contributed by atoms with E-state index in [9.17, 15) is 4.79 Å². The number of nitrogens with zero attached hydrogens (tertiary/aromatic N) is 4. The van der Waals surface area contributed by atoms with Crippen molar-refractivity contribution in [1.29, 1.82) is 0 Å². The second-order valence-electron chi connectivity index (χ2n) is 6.10. The molecule has 0 aliphatic rings. The number of rotatable bonds is 7. The van der Waals surface area contributed by atoms with Crippen LogP contribution in [0, 0.1) is 0 Å². The van der Waals surface area contributed by atoms with Crippen LogP contribution in [-0.2, 0) is 11.3 Å². The van der Waals surface area contributed by atoms with Gasteiger partial charge in [-0.1, -0.05) is 54.2 Å². The number of thioether (sulfide) groups is 1. The second-order valence-corrected chi connectivity index (χ2v) is 7.40. The van der Waals surface area contributed by atoms with Gasteiger partial charge in [0.2, 0.25) is 5.91 Å². The van der Waals surface area contributed by atoms with Gasteiger partial charge in [0.15, 0.2) is 5.16 Å². The van der Waals surface area contributed by atoms with Gasteiger partial charge in [0.25, 0.3) is 0 Å². The van der Waals surface area contributed by atoms with E-state index >= 15 is 0 Å². The molecule has 0 bridgehead atoms. The highest BCUT2D eigenvalue weighted by atomic mass is 32.2. The standard InChI is InChI=1S/C20H22N4O2S/c1-15(19(25)23(2)13-16-9-5-4-6-10-16)27-20-22-21-14-24(20)17-11-7-8-12-18(17)26-3/h4-12,14-15H,13H2,1-3H3/t15-/m1/s1. The molecule has 1 aromatic heterocycles. The summed E-state index contributed by atoms with van der Waals surface area (Å²) in [6.45, 7) is 2.46. The molecule has 0 radical (unpaired) electrons. The first-order valence-electron chi connectivity index (χ1n) is 8.59. The average molecular weight is 382 g/mol. The molecule has 3 rings (SSSR count). The zero-order valence-electron chi connectivity index (χ0n) is 15.6. The van der Waals surface area contributed by atoms with Gasteiger partial charge < -0.3 is 9.64 Å². The SMILES string of the molecule is COc1ccccc1-n1cnnc1S[C@H](C)C(=O)N(C)Cc1ccccc1. The van der Waals surface area contributed by atoms with E-state index in [0.717, 1.165) is 17.0 Å². The minimum Gasteiger partial charge on any atom is -0.495 e. The van der Waals surface area contributed by atoms with E-state index in [2.05, 4.69) is 10.2 Å². The molecular weight excluding hydrogens is 360 g/mol. The van der Waals surface area contributed by atoms with E-state index in [1.807, 2.05) is 73.1 Å². The maximum absolute atomic E-state index is 12.8. The number of aromatic nitrogens is 3. The quantitative estimate of drug-likeness (QED) is 0.586. The summed E-state index contributed by atoms with van der Waals surface area (Å²) in [6, 6.07) is 17.6. The number of para-hydroxylation sites is 2. The Morgan fingerprint density at radius 2 is 1.89 bits per heavy atom. The molecule has 1 atom stereocenters. The zero-order valence-corrected chi connectivity index (χ0v) is 16.4. The third-order valence-corrected chi connectivity index (χ3v) is 5.17. The highest BCUT2D eigenvalue weighted by Crippen LogP contribution is 2.29. The van der Waals surface area contributed by atoms with E-state index in [0.29, 0.717) is 11.7 Å². The van der Waals surface area contributed by atoms with Crippen LogP contribution in [0.15, 0.2) is 66.1 Å². The Kier molecular flexibility index (Phi) is 6.13. The molecule has 0 unspecified atom stereocenters. The Morgan fingerprint density at radius 1 is 1.19 bits per heavy atom. The molecule has 0 aliphatic carbocycles. The summed E-state index contributed by atoms with van der Waals surface area (Å²) in [7, 11) is 3.44. The van der Waals surface area contributed by atoms with Crippen LogP contribution in [0.2, 0.25) is 0 Å². The molecule has 0 N–H and O–H groups in total. The van der Waals surface area contributed by atoms with Crippen molar-refractivity contribution >= 4 is 17.7 Å². The molecule has 0 saturated carbocycles. The van der Waals surface area contributed by atoms with Gasteiger partial charge in [-0.05, 0) is 24.6 Å². The van der Waals surface area contributed by atoms with Crippen LogP contribution < -0.4 is 4.74 Å². The van der Waals surface area contributed by atoms with Crippen molar-refractivity contribution in [2.75, 3.05) is 14.2 Å². The first-order chi connectivity index (χ1) is 13.1. The van der Waals surface area contributed by atoms with Crippen LogP contribution in [0.3, 0.4) is 0 Å². The van der Waals surface area contributed by atoms with Crippen LogP contribution in [0.5, 0.6) is 5.75 Å². The molecule has 7 heteroatoms. The fourth-order valence-corrected chi connectivity index (χ4v) is 3.70. The van der Waals surface area contributed by atoms with Gasteiger partial charge in [-0.3, -0.25) is 9.36 Å². The van der Waals surface area contributed by atoms with Crippen molar-refractivity contribution in [2.45, 2.75) is 23.9 Å². The van der Waals surface area contributed by atoms with Crippen LogP contribution in [0.1, 0.15) is 12.5 Å². The molecular formula is C20H22N4O2S. The lowest BCUT2D eigenvalue weighted by Crippen LogP contribution is -2.32. The van der Waals surface area contributed by atoms with Gasteiger partial charge >= 0.3 is 0 Å². The van der Waals surface area contributed by atoms with E-state index in [1.54, 1.807) is 18.3 Å². The largest absolute Gasteiger partial charge is 0.495 e. The summed E-state index contributed by atoms with van der Waals surface area (Å²) in [5.74, 6) is 0.762. The first-order valence-corrected chi connectivity index (χ1v) is 9.47. The summed E-state index contributed by atoms with van der Waals surface area (Å²) in [5.41, 5.74) is 1.94. The molecule has 140 valence electrons. The van der Waals surface area contributed by atoms with Gasteiger partial charge in [-0.25, -0.2) is 0 Å². The Bertz CT molecular complexity index is 898. The molecule has 1 heterocycles. The highest BCUT2D eigenvalue weighted by molar-refractivity contribution is 8.00. The van der Waals surface area contributed by atoms with Crippen molar-refractivity contribution in [1.82, 2.24) is 19.7 Å². The van der Waals surface area contributed by atoms with Gasteiger partial charge in [-0.15, -0.1) is 10.2 Å². The van der Waals surface area contributed by atoms with Crippen LogP contribution in [0.4, 0.5) is 0 Å². The maximum Gasteiger partial charge on any atom is 0.235 e. The van der Waals surface area contributed by atoms with Crippen molar-refractivity contribution in [3.63, 3.8) is 0 Å². The number of benzene rings is 2. The highest BCUT2D eigenvalue weighted by Gasteiger charge is 2.22. The lowest BCUT2D eigenvalue weighted by atomic mass is 10.2. The predicted molar refractivity (Wildman–Crippen MR) is 106 cm³/mol. The van der Waals surface area contributed by atoms with Crippen LogP contribution in [-0.4, -0.2) is 45.0 Å². The van der Waals surface area contributed by atoms with E-state index in [-0.39, 0.29) is 11.2 Å². The van der Waals surface area contributed by atoms with E-state index in [1.165, 1.54) is 11.8 Å².